The highest BCUT2D eigenvalue weighted by molar-refractivity contribution is 6.04. The Labute approximate surface area is 172 Å². The molecule has 0 bridgehead atoms. The van der Waals surface area contributed by atoms with E-state index in [1.807, 2.05) is 6.07 Å². The fourth-order valence-electron chi connectivity index (χ4n) is 2.99. The third kappa shape index (κ3) is 5.57. The minimum atomic E-state index is -0.885. The van der Waals surface area contributed by atoms with Crippen molar-refractivity contribution in [2.24, 2.45) is 5.10 Å². The number of nitrogens with zero attached hydrogens (tertiary/aromatic N) is 1. The zero-order chi connectivity index (χ0) is 21.5. The molecule has 30 heavy (non-hydrogen) atoms. The number of methoxy groups -OCH3 is 1. The van der Waals surface area contributed by atoms with E-state index in [1.165, 1.54) is 13.3 Å². The summed E-state index contributed by atoms with van der Waals surface area (Å²) in [5.41, 5.74) is 4.90. The lowest BCUT2D eigenvalue weighted by Crippen LogP contribution is -2.25. The first-order chi connectivity index (χ1) is 14.4. The van der Waals surface area contributed by atoms with E-state index < -0.39 is 12.1 Å². The number of nitrogens with one attached hydrogen (secondary N) is 2. The van der Waals surface area contributed by atoms with E-state index in [0.717, 1.165) is 5.56 Å². The average Bonchev–Trinajstić information content (AvgIpc) is 2.73. The summed E-state index contributed by atoms with van der Waals surface area (Å²) in [7, 11) is 1.24. The summed E-state index contributed by atoms with van der Waals surface area (Å²) in [6.45, 7) is 0. The second-order valence-corrected chi connectivity index (χ2v) is 6.64. The van der Waals surface area contributed by atoms with Crippen molar-refractivity contribution in [3.63, 3.8) is 0 Å². The molecule has 0 fully saturated rings. The van der Waals surface area contributed by atoms with Crippen LogP contribution in [0.15, 0.2) is 47.6 Å². The molecule has 0 spiro atoms. The molecule has 0 aromatic heterocycles. The van der Waals surface area contributed by atoms with Crippen molar-refractivity contribution in [3.8, 4) is 5.75 Å². The summed E-state index contributed by atoms with van der Waals surface area (Å²) < 4.78 is 10.1. The Hall–Kier alpha value is -3.88. The van der Waals surface area contributed by atoms with E-state index in [-0.39, 0.29) is 18.4 Å². The molecular formula is C21H21N3O6. The molecule has 0 aliphatic carbocycles. The number of ether oxygens (including phenoxy) is 2. The first-order valence-corrected chi connectivity index (χ1v) is 9.24. The predicted octanol–water partition coefficient (Wildman–Crippen LogP) is 2.80. The lowest BCUT2D eigenvalue weighted by atomic mass is 10.00. The number of carboxylic acid groups (broad SMARTS) is 1. The van der Waals surface area contributed by atoms with Crippen LogP contribution < -0.4 is 15.5 Å². The lowest BCUT2D eigenvalue weighted by molar-refractivity contribution is -0.139. The number of aliphatic carboxylic acids is 1. The van der Waals surface area contributed by atoms with Gasteiger partial charge in [0.2, 0.25) is 0 Å². The van der Waals surface area contributed by atoms with Crippen molar-refractivity contribution in [3.05, 3.63) is 59.2 Å². The number of carbonyl (C=O) groups is 3. The molecule has 3 rings (SSSR count). The van der Waals surface area contributed by atoms with Crippen LogP contribution in [0.1, 0.15) is 34.3 Å². The Morgan fingerprint density at radius 1 is 1.23 bits per heavy atom. The molecular weight excluding hydrogens is 390 g/mol. The van der Waals surface area contributed by atoms with Crippen LogP contribution in [-0.2, 0) is 16.0 Å². The number of aryl methyl sites for hydroxylation is 1. The second-order valence-electron chi connectivity index (χ2n) is 6.64. The average molecular weight is 411 g/mol. The van der Waals surface area contributed by atoms with E-state index in [1.54, 1.807) is 36.4 Å². The highest BCUT2D eigenvalue weighted by atomic mass is 16.5. The maximum absolute atomic E-state index is 12.5. The molecule has 1 heterocycles. The van der Waals surface area contributed by atoms with Crippen molar-refractivity contribution in [2.45, 2.75) is 25.4 Å². The molecule has 2 amide bonds. The molecule has 3 N–H and O–H groups in total. The maximum Gasteiger partial charge on any atom is 0.427 e. The molecule has 1 aliphatic rings. The number of hydrogen-bond acceptors (Lipinski definition) is 6. The summed E-state index contributed by atoms with van der Waals surface area (Å²) in [6, 6.07) is 12.0. The van der Waals surface area contributed by atoms with Crippen LogP contribution in [0.25, 0.3) is 0 Å². The number of benzene rings is 2. The molecule has 9 heteroatoms. The molecule has 9 nitrogen and oxygen atoms in total. The van der Waals surface area contributed by atoms with Gasteiger partial charge in [0, 0.05) is 11.3 Å². The minimum Gasteiger partial charge on any atom is -0.490 e. The number of carboxylic acids is 1. The largest absolute Gasteiger partial charge is 0.490 e. The normalized spacial score (nSPS) is 15.0. The summed E-state index contributed by atoms with van der Waals surface area (Å²) >= 11 is 0. The van der Waals surface area contributed by atoms with E-state index in [4.69, 9.17) is 9.84 Å². The van der Waals surface area contributed by atoms with Gasteiger partial charge in [-0.25, -0.2) is 10.2 Å². The van der Waals surface area contributed by atoms with Gasteiger partial charge < -0.3 is 19.9 Å². The first-order valence-electron chi connectivity index (χ1n) is 9.24. The standard InChI is InChI=1S/C21H21N3O6/c1-29-21(28)24-22-12-13-2-4-14(5-3-13)20(27)23-16-7-9-18-15(10-16)6-8-17(30-18)11-19(25)26/h2-5,7,9-10,12,17H,6,8,11H2,1H3,(H,23,27)(H,24,28)(H,25,26). The van der Waals surface area contributed by atoms with Crippen LogP contribution in [0.4, 0.5) is 10.5 Å². The number of anilines is 1. The zero-order valence-corrected chi connectivity index (χ0v) is 16.3. The van der Waals surface area contributed by atoms with Gasteiger partial charge in [-0.2, -0.15) is 5.10 Å². The van der Waals surface area contributed by atoms with Crippen LogP contribution in [0.3, 0.4) is 0 Å². The van der Waals surface area contributed by atoms with Crippen LogP contribution in [0.5, 0.6) is 5.75 Å². The third-order valence-electron chi connectivity index (χ3n) is 4.48. The maximum atomic E-state index is 12.5. The van der Waals surface area contributed by atoms with Gasteiger partial charge in [0.05, 0.1) is 19.7 Å². The summed E-state index contributed by atoms with van der Waals surface area (Å²) in [5, 5.41) is 15.5. The van der Waals surface area contributed by atoms with Gasteiger partial charge in [-0.05, 0) is 54.3 Å². The molecule has 0 radical (unpaired) electrons. The summed E-state index contributed by atoms with van der Waals surface area (Å²) in [4.78, 5) is 34.3. The number of hydrazone groups is 1. The number of amides is 2. The van der Waals surface area contributed by atoms with Gasteiger partial charge in [0.25, 0.3) is 5.91 Å². The van der Waals surface area contributed by atoms with Crippen LogP contribution >= 0.6 is 0 Å². The summed E-state index contributed by atoms with van der Waals surface area (Å²) in [5.74, 6) is -0.509. The van der Waals surface area contributed by atoms with Crippen molar-refractivity contribution in [1.82, 2.24) is 5.43 Å². The van der Waals surface area contributed by atoms with Gasteiger partial charge in [-0.3, -0.25) is 9.59 Å². The van der Waals surface area contributed by atoms with Gasteiger partial charge in [-0.1, -0.05) is 12.1 Å². The van der Waals surface area contributed by atoms with Crippen molar-refractivity contribution in [1.29, 1.82) is 0 Å². The molecule has 2 aromatic carbocycles. The quantitative estimate of drug-likeness (QED) is 0.496. The first kappa shape index (κ1) is 20.8. The number of hydrogen-bond donors (Lipinski definition) is 3. The SMILES string of the molecule is COC(=O)NN=Cc1ccc(C(=O)Nc2ccc3c(c2)CCC(CC(=O)O)O3)cc1. The predicted molar refractivity (Wildman–Crippen MR) is 109 cm³/mol. The minimum absolute atomic E-state index is 0.0304. The molecule has 1 aliphatic heterocycles. The fraction of sp³-hybridized carbons (Fsp3) is 0.238. The molecule has 0 saturated carbocycles. The summed E-state index contributed by atoms with van der Waals surface area (Å²) in [6.07, 6.45) is 1.70. The van der Waals surface area contributed by atoms with Crippen LogP contribution in [0, 0.1) is 0 Å². The van der Waals surface area contributed by atoms with Crippen molar-refractivity contribution >= 4 is 29.9 Å². The smallest absolute Gasteiger partial charge is 0.427 e. The highest BCUT2D eigenvalue weighted by Crippen LogP contribution is 2.31. The van der Waals surface area contributed by atoms with Gasteiger partial charge in [-0.15, -0.1) is 0 Å². The topological polar surface area (TPSA) is 126 Å². The second kappa shape index (κ2) is 9.55. The van der Waals surface area contributed by atoms with Gasteiger partial charge >= 0.3 is 12.1 Å². The number of carbonyl (C=O) groups excluding carboxylic acids is 2. The monoisotopic (exact) mass is 411 g/mol. The van der Waals surface area contributed by atoms with Gasteiger partial charge in [0.1, 0.15) is 11.9 Å². The Kier molecular flexibility index (Phi) is 6.63. The van der Waals surface area contributed by atoms with E-state index >= 15 is 0 Å². The van der Waals surface area contributed by atoms with Crippen molar-refractivity contribution < 1.29 is 29.0 Å². The molecule has 1 unspecified atom stereocenters. The Morgan fingerprint density at radius 2 is 2.00 bits per heavy atom. The van der Waals surface area contributed by atoms with Gasteiger partial charge in [0.15, 0.2) is 0 Å². The van der Waals surface area contributed by atoms with E-state index in [0.29, 0.717) is 35.4 Å². The molecule has 0 saturated heterocycles. The Morgan fingerprint density at radius 3 is 2.70 bits per heavy atom. The molecule has 1 atom stereocenters. The van der Waals surface area contributed by atoms with Crippen LogP contribution in [-0.4, -0.2) is 42.5 Å². The number of fused-ring (bicyclic) bond motifs is 1. The number of rotatable bonds is 6. The Balaban J connectivity index is 1.60. The lowest BCUT2D eigenvalue weighted by Gasteiger charge is -2.25. The van der Waals surface area contributed by atoms with Crippen LogP contribution in [0.2, 0.25) is 0 Å². The fourth-order valence-corrected chi connectivity index (χ4v) is 2.99. The Bertz CT molecular complexity index is 971. The van der Waals surface area contributed by atoms with Crippen molar-refractivity contribution in [2.75, 3.05) is 12.4 Å². The molecule has 156 valence electrons. The highest BCUT2D eigenvalue weighted by Gasteiger charge is 2.22. The van der Waals surface area contributed by atoms with E-state index in [2.05, 4.69) is 20.6 Å². The zero-order valence-electron chi connectivity index (χ0n) is 16.3. The third-order valence-corrected chi connectivity index (χ3v) is 4.48. The molecule has 2 aromatic rings. The van der Waals surface area contributed by atoms with E-state index in [9.17, 15) is 14.4 Å².